The minimum absolute atomic E-state index is 0.0163. The second-order valence-electron chi connectivity index (χ2n) is 5.51. The maximum absolute atomic E-state index is 11.3. The lowest BCUT2D eigenvalue weighted by Crippen LogP contribution is -2.46. The molecule has 1 aromatic rings. The summed E-state index contributed by atoms with van der Waals surface area (Å²) in [5.74, 6) is -0.146. The molecular weight excluding hydrogens is 238 g/mol. The topological polar surface area (TPSA) is 72.4 Å². The zero-order chi connectivity index (χ0) is 13.8. The van der Waals surface area contributed by atoms with Gasteiger partial charge in [-0.15, -0.1) is 0 Å². The molecular formula is C15H23N3O. The normalized spacial score (nSPS) is 24.3. The average Bonchev–Trinajstić information content (AvgIpc) is 2.39. The van der Waals surface area contributed by atoms with Gasteiger partial charge in [-0.3, -0.25) is 9.69 Å². The molecule has 2 unspecified atom stereocenters. The van der Waals surface area contributed by atoms with E-state index in [-0.39, 0.29) is 11.8 Å². The van der Waals surface area contributed by atoms with E-state index in [1.54, 1.807) is 0 Å². The Morgan fingerprint density at radius 3 is 2.63 bits per heavy atom. The van der Waals surface area contributed by atoms with E-state index in [9.17, 15) is 4.79 Å². The molecule has 1 aliphatic heterocycles. The van der Waals surface area contributed by atoms with Crippen LogP contribution in [0.15, 0.2) is 24.3 Å². The third-order valence-corrected chi connectivity index (χ3v) is 4.08. The van der Waals surface area contributed by atoms with Crippen LogP contribution in [0.3, 0.4) is 0 Å². The Kier molecular flexibility index (Phi) is 4.43. The van der Waals surface area contributed by atoms with Gasteiger partial charge in [-0.2, -0.15) is 0 Å². The Bertz CT molecular complexity index is 430. The van der Waals surface area contributed by atoms with Crippen LogP contribution in [-0.2, 0) is 11.2 Å². The number of amides is 1. The number of anilines is 1. The predicted octanol–water partition coefficient (Wildman–Crippen LogP) is 1.40. The number of hydrogen-bond acceptors (Lipinski definition) is 3. The van der Waals surface area contributed by atoms with E-state index in [2.05, 4.69) is 24.0 Å². The number of nitrogens with two attached hydrogens (primary N) is 2. The summed E-state index contributed by atoms with van der Waals surface area (Å²) < 4.78 is 0. The molecule has 1 aromatic carbocycles. The smallest absolute Gasteiger partial charge is 0.221 e. The SMILES string of the molecule is CC1CCC(C(N)=O)CN1CCc1ccc(N)cc1. The number of primary amides is 1. The number of piperidine rings is 1. The van der Waals surface area contributed by atoms with Gasteiger partial charge in [0.1, 0.15) is 0 Å². The molecule has 2 atom stereocenters. The van der Waals surface area contributed by atoms with Gasteiger partial charge in [-0.1, -0.05) is 12.1 Å². The van der Waals surface area contributed by atoms with Crippen LogP contribution in [-0.4, -0.2) is 29.9 Å². The molecule has 1 heterocycles. The highest BCUT2D eigenvalue weighted by atomic mass is 16.1. The number of likely N-dealkylation sites (tertiary alicyclic amines) is 1. The van der Waals surface area contributed by atoms with Gasteiger partial charge < -0.3 is 11.5 Å². The van der Waals surface area contributed by atoms with Crippen molar-refractivity contribution in [3.8, 4) is 0 Å². The molecule has 0 aliphatic carbocycles. The zero-order valence-corrected chi connectivity index (χ0v) is 11.5. The van der Waals surface area contributed by atoms with Crippen molar-refractivity contribution in [2.75, 3.05) is 18.8 Å². The lowest BCUT2D eigenvalue weighted by molar-refractivity contribution is -0.123. The van der Waals surface area contributed by atoms with Gasteiger partial charge in [0.2, 0.25) is 5.91 Å². The number of carbonyl (C=O) groups excluding carboxylic acids is 1. The first-order valence-electron chi connectivity index (χ1n) is 6.94. The monoisotopic (exact) mass is 261 g/mol. The highest BCUT2D eigenvalue weighted by Gasteiger charge is 2.28. The van der Waals surface area contributed by atoms with E-state index >= 15 is 0 Å². The van der Waals surface area contributed by atoms with Crippen molar-refractivity contribution in [2.45, 2.75) is 32.2 Å². The van der Waals surface area contributed by atoms with Gasteiger partial charge >= 0.3 is 0 Å². The molecule has 4 heteroatoms. The summed E-state index contributed by atoms with van der Waals surface area (Å²) >= 11 is 0. The van der Waals surface area contributed by atoms with E-state index < -0.39 is 0 Å². The molecule has 1 fully saturated rings. The quantitative estimate of drug-likeness (QED) is 0.805. The summed E-state index contributed by atoms with van der Waals surface area (Å²) in [4.78, 5) is 13.7. The predicted molar refractivity (Wildman–Crippen MR) is 77.5 cm³/mol. The Labute approximate surface area is 114 Å². The van der Waals surface area contributed by atoms with Crippen molar-refractivity contribution in [3.05, 3.63) is 29.8 Å². The van der Waals surface area contributed by atoms with Gasteiger partial charge in [-0.25, -0.2) is 0 Å². The second-order valence-corrected chi connectivity index (χ2v) is 5.51. The Balaban J connectivity index is 1.90. The summed E-state index contributed by atoms with van der Waals surface area (Å²) in [6.07, 6.45) is 2.96. The molecule has 104 valence electrons. The van der Waals surface area contributed by atoms with Crippen LogP contribution in [0.25, 0.3) is 0 Å². The first kappa shape index (κ1) is 13.9. The Morgan fingerprint density at radius 1 is 1.32 bits per heavy atom. The van der Waals surface area contributed by atoms with E-state index in [1.807, 2.05) is 12.1 Å². The first-order valence-corrected chi connectivity index (χ1v) is 6.94. The summed E-state index contributed by atoms with van der Waals surface area (Å²) in [7, 11) is 0. The number of carbonyl (C=O) groups is 1. The van der Waals surface area contributed by atoms with E-state index in [4.69, 9.17) is 11.5 Å². The van der Waals surface area contributed by atoms with Crippen molar-refractivity contribution < 1.29 is 4.79 Å². The zero-order valence-electron chi connectivity index (χ0n) is 11.5. The van der Waals surface area contributed by atoms with Crippen molar-refractivity contribution in [3.63, 3.8) is 0 Å². The molecule has 1 saturated heterocycles. The summed E-state index contributed by atoms with van der Waals surface area (Å²) in [5.41, 5.74) is 13.2. The van der Waals surface area contributed by atoms with Crippen LogP contribution in [0, 0.1) is 5.92 Å². The van der Waals surface area contributed by atoms with Gasteiger partial charge in [0.15, 0.2) is 0 Å². The van der Waals surface area contributed by atoms with Gasteiger partial charge in [0.25, 0.3) is 0 Å². The fourth-order valence-electron chi connectivity index (χ4n) is 2.68. The lowest BCUT2D eigenvalue weighted by atomic mass is 9.92. The van der Waals surface area contributed by atoms with Crippen molar-refractivity contribution in [1.29, 1.82) is 0 Å². The summed E-state index contributed by atoms with van der Waals surface area (Å²) in [6.45, 7) is 3.99. The van der Waals surface area contributed by atoms with Crippen molar-refractivity contribution in [2.24, 2.45) is 11.7 Å². The number of benzene rings is 1. The Morgan fingerprint density at radius 2 is 2.00 bits per heavy atom. The van der Waals surface area contributed by atoms with Crippen LogP contribution in [0.2, 0.25) is 0 Å². The van der Waals surface area contributed by atoms with Crippen molar-refractivity contribution >= 4 is 11.6 Å². The maximum atomic E-state index is 11.3. The average molecular weight is 261 g/mol. The summed E-state index contributed by atoms with van der Waals surface area (Å²) in [5, 5.41) is 0. The van der Waals surface area contributed by atoms with Crippen LogP contribution in [0.4, 0.5) is 5.69 Å². The third kappa shape index (κ3) is 3.70. The minimum atomic E-state index is -0.163. The molecule has 4 N–H and O–H groups in total. The van der Waals surface area contributed by atoms with Crippen molar-refractivity contribution in [1.82, 2.24) is 4.90 Å². The molecule has 0 aromatic heterocycles. The first-order chi connectivity index (χ1) is 9.06. The van der Waals surface area contributed by atoms with Crippen LogP contribution < -0.4 is 11.5 Å². The van der Waals surface area contributed by atoms with E-state index in [0.717, 1.165) is 38.0 Å². The Hall–Kier alpha value is -1.55. The highest BCUT2D eigenvalue weighted by Crippen LogP contribution is 2.22. The number of rotatable bonds is 4. The second kappa shape index (κ2) is 6.06. The number of nitrogens with zero attached hydrogens (tertiary/aromatic N) is 1. The molecule has 1 aliphatic rings. The molecule has 0 saturated carbocycles. The fourth-order valence-corrected chi connectivity index (χ4v) is 2.68. The van der Waals surface area contributed by atoms with Crippen LogP contribution in [0.1, 0.15) is 25.3 Å². The molecule has 0 bridgehead atoms. The molecule has 2 rings (SSSR count). The fraction of sp³-hybridized carbons (Fsp3) is 0.533. The standard InChI is InChI=1S/C15H23N3O/c1-11-2-5-13(15(17)19)10-18(11)9-8-12-3-6-14(16)7-4-12/h3-4,6-7,11,13H,2,5,8-10,16H2,1H3,(H2,17,19). The molecule has 4 nitrogen and oxygen atoms in total. The molecule has 1 amide bonds. The number of hydrogen-bond donors (Lipinski definition) is 2. The third-order valence-electron chi connectivity index (χ3n) is 4.08. The number of nitrogen functional groups attached to an aromatic ring is 1. The van der Waals surface area contributed by atoms with Crippen LogP contribution in [0.5, 0.6) is 0 Å². The maximum Gasteiger partial charge on any atom is 0.221 e. The molecule has 0 radical (unpaired) electrons. The summed E-state index contributed by atoms with van der Waals surface area (Å²) in [6, 6.07) is 8.53. The largest absolute Gasteiger partial charge is 0.399 e. The van der Waals surface area contributed by atoms with E-state index in [0.29, 0.717) is 6.04 Å². The highest BCUT2D eigenvalue weighted by molar-refractivity contribution is 5.76. The van der Waals surface area contributed by atoms with Gasteiger partial charge in [0.05, 0.1) is 5.92 Å². The van der Waals surface area contributed by atoms with Gasteiger partial charge in [0, 0.05) is 24.8 Å². The molecule has 0 spiro atoms. The molecule has 19 heavy (non-hydrogen) atoms. The minimum Gasteiger partial charge on any atom is -0.399 e. The van der Waals surface area contributed by atoms with E-state index in [1.165, 1.54) is 5.56 Å². The van der Waals surface area contributed by atoms with Crippen LogP contribution >= 0.6 is 0 Å². The lowest BCUT2D eigenvalue weighted by Gasteiger charge is -2.36. The van der Waals surface area contributed by atoms with Gasteiger partial charge in [-0.05, 0) is 43.9 Å².